The summed E-state index contributed by atoms with van der Waals surface area (Å²) in [5.41, 5.74) is 2.97. The minimum Gasteiger partial charge on any atom is -0.314 e. The van der Waals surface area contributed by atoms with Crippen LogP contribution in [0.5, 0.6) is 0 Å². The summed E-state index contributed by atoms with van der Waals surface area (Å²) in [4.78, 5) is 0. The predicted octanol–water partition coefficient (Wildman–Crippen LogP) is 3.49. The van der Waals surface area contributed by atoms with Crippen molar-refractivity contribution in [3.05, 3.63) is 35.4 Å². The van der Waals surface area contributed by atoms with E-state index < -0.39 is 0 Å². The van der Waals surface area contributed by atoms with Gasteiger partial charge in [0.25, 0.3) is 0 Å². The average Bonchev–Trinajstić information content (AvgIpc) is 2.78. The van der Waals surface area contributed by atoms with E-state index in [0.717, 1.165) is 18.9 Å². The Labute approximate surface area is 99.3 Å². The van der Waals surface area contributed by atoms with Crippen molar-refractivity contribution in [2.24, 2.45) is 0 Å². The summed E-state index contributed by atoms with van der Waals surface area (Å²) < 4.78 is 0. The molecule has 2 atom stereocenters. The summed E-state index contributed by atoms with van der Waals surface area (Å²) in [6, 6.07) is 9.95. The number of likely N-dealkylation sites (N-methyl/N-ethyl adjacent to an activating group) is 1. The summed E-state index contributed by atoms with van der Waals surface area (Å²) in [6.07, 6.45) is 5.20. The Morgan fingerprint density at radius 1 is 1.12 bits per heavy atom. The van der Waals surface area contributed by atoms with E-state index in [2.05, 4.69) is 43.4 Å². The van der Waals surface area contributed by atoms with Crippen LogP contribution < -0.4 is 5.32 Å². The minimum atomic E-state index is 0.706. The van der Waals surface area contributed by atoms with Gasteiger partial charge in [0.05, 0.1) is 0 Å². The van der Waals surface area contributed by atoms with Gasteiger partial charge in [0.1, 0.15) is 0 Å². The van der Waals surface area contributed by atoms with Crippen LogP contribution in [0.4, 0.5) is 0 Å². The number of rotatable bonds is 4. The van der Waals surface area contributed by atoms with Crippen LogP contribution in [0.25, 0.3) is 0 Å². The van der Waals surface area contributed by atoms with Gasteiger partial charge in [-0.2, -0.15) is 0 Å². The molecule has 1 aromatic carbocycles. The van der Waals surface area contributed by atoms with Gasteiger partial charge in [-0.05, 0) is 42.9 Å². The molecule has 1 fully saturated rings. The van der Waals surface area contributed by atoms with E-state index >= 15 is 0 Å². The molecule has 0 heterocycles. The van der Waals surface area contributed by atoms with Crippen molar-refractivity contribution >= 4 is 0 Å². The number of benzene rings is 1. The quantitative estimate of drug-likeness (QED) is 0.814. The van der Waals surface area contributed by atoms with Gasteiger partial charge in [-0.3, -0.25) is 0 Å². The van der Waals surface area contributed by atoms with Crippen LogP contribution in [0.2, 0.25) is 0 Å². The molecule has 1 heteroatoms. The van der Waals surface area contributed by atoms with Gasteiger partial charge in [-0.15, -0.1) is 0 Å². The van der Waals surface area contributed by atoms with Crippen molar-refractivity contribution in [2.45, 2.75) is 51.5 Å². The molecule has 88 valence electrons. The van der Waals surface area contributed by atoms with Gasteiger partial charge < -0.3 is 5.32 Å². The second-order valence-corrected chi connectivity index (χ2v) is 4.80. The first-order valence-electron chi connectivity index (χ1n) is 6.67. The molecule has 0 spiro atoms. The standard InChI is InChI=1S/C15H23N/c1-3-12-8-10-13(11-9-12)14-6-5-7-15(14)16-4-2/h8-11,14-16H,3-7H2,1-2H3. The normalized spacial score (nSPS) is 24.9. The maximum atomic E-state index is 3.62. The third kappa shape index (κ3) is 2.46. The Morgan fingerprint density at radius 2 is 1.88 bits per heavy atom. The molecule has 0 saturated heterocycles. The number of hydrogen-bond acceptors (Lipinski definition) is 1. The third-order valence-electron chi connectivity index (χ3n) is 3.80. The molecule has 1 saturated carbocycles. The zero-order valence-electron chi connectivity index (χ0n) is 10.5. The second kappa shape index (κ2) is 5.49. The average molecular weight is 217 g/mol. The van der Waals surface area contributed by atoms with Gasteiger partial charge in [0.2, 0.25) is 0 Å². The first-order valence-corrected chi connectivity index (χ1v) is 6.67. The maximum Gasteiger partial charge on any atom is 0.0136 e. The summed E-state index contributed by atoms with van der Waals surface area (Å²) in [6.45, 7) is 5.51. The number of hydrogen-bond donors (Lipinski definition) is 1. The topological polar surface area (TPSA) is 12.0 Å². The highest BCUT2D eigenvalue weighted by atomic mass is 14.9. The molecule has 2 unspecified atom stereocenters. The second-order valence-electron chi connectivity index (χ2n) is 4.80. The lowest BCUT2D eigenvalue weighted by atomic mass is 9.93. The van der Waals surface area contributed by atoms with E-state index in [1.165, 1.54) is 30.4 Å². The fourth-order valence-corrected chi connectivity index (χ4v) is 2.87. The number of aryl methyl sites for hydroxylation is 1. The first kappa shape index (κ1) is 11.7. The zero-order valence-corrected chi connectivity index (χ0v) is 10.5. The highest BCUT2D eigenvalue weighted by molar-refractivity contribution is 5.27. The lowest BCUT2D eigenvalue weighted by Crippen LogP contribution is -2.30. The molecule has 0 amide bonds. The minimum absolute atomic E-state index is 0.706. The van der Waals surface area contributed by atoms with E-state index in [1.54, 1.807) is 0 Å². The van der Waals surface area contributed by atoms with Gasteiger partial charge >= 0.3 is 0 Å². The van der Waals surface area contributed by atoms with Crippen molar-refractivity contribution in [2.75, 3.05) is 6.54 Å². The van der Waals surface area contributed by atoms with E-state index in [1.807, 2.05) is 0 Å². The SMILES string of the molecule is CCNC1CCCC1c1ccc(CC)cc1. The van der Waals surface area contributed by atoms with Crippen molar-refractivity contribution < 1.29 is 0 Å². The fraction of sp³-hybridized carbons (Fsp3) is 0.600. The van der Waals surface area contributed by atoms with E-state index in [9.17, 15) is 0 Å². The van der Waals surface area contributed by atoms with Gasteiger partial charge in [0, 0.05) is 6.04 Å². The van der Waals surface area contributed by atoms with Gasteiger partial charge in [-0.25, -0.2) is 0 Å². The molecule has 1 N–H and O–H groups in total. The van der Waals surface area contributed by atoms with Crippen LogP contribution >= 0.6 is 0 Å². The van der Waals surface area contributed by atoms with Crippen LogP contribution in [-0.2, 0) is 6.42 Å². The molecule has 1 aliphatic rings. The van der Waals surface area contributed by atoms with E-state index in [-0.39, 0.29) is 0 Å². The van der Waals surface area contributed by atoms with Crippen LogP contribution in [0.3, 0.4) is 0 Å². The largest absolute Gasteiger partial charge is 0.314 e. The van der Waals surface area contributed by atoms with Gasteiger partial charge in [-0.1, -0.05) is 44.5 Å². The summed E-state index contributed by atoms with van der Waals surface area (Å²) >= 11 is 0. The molecule has 0 aliphatic heterocycles. The Morgan fingerprint density at radius 3 is 2.50 bits per heavy atom. The molecule has 0 radical (unpaired) electrons. The first-order chi connectivity index (χ1) is 7.85. The monoisotopic (exact) mass is 217 g/mol. The Kier molecular flexibility index (Phi) is 4.00. The van der Waals surface area contributed by atoms with Crippen LogP contribution in [0.1, 0.15) is 50.2 Å². The molecule has 2 rings (SSSR count). The van der Waals surface area contributed by atoms with Crippen molar-refractivity contribution in [1.29, 1.82) is 0 Å². The summed E-state index contributed by atoms with van der Waals surface area (Å²) in [5.74, 6) is 0.742. The molecule has 0 bridgehead atoms. The molecular weight excluding hydrogens is 194 g/mol. The van der Waals surface area contributed by atoms with Crippen LogP contribution in [0.15, 0.2) is 24.3 Å². The molecule has 1 aliphatic carbocycles. The van der Waals surface area contributed by atoms with Crippen molar-refractivity contribution in [3.8, 4) is 0 Å². The molecule has 1 aromatic rings. The van der Waals surface area contributed by atoms with E-state index in [0.29, 0.717) is 6.04 Å². The molecule has 16 heavy (non-hydrogen) atoms. The summed E-state index contributed by atoms with van der Waals surface area (Å²) in [5, 5.41) is 3.62. The van der Waals surface area contributed by atoms with Gasteiger partial charge in [0.15, 0.2) is 0 Å². The van der Waals surface area contributed by atoms with Crippen LogP contribution in [0, 0.1) is 0 Å². The van der Waals surface area contributed by atoms with E-state index in [4.69, 9.17) is 0 Å². The van der Waals surface area contributed by atoms with Crippen molar-refractivity contribution in [3.63, 3.8) is 0 Å². The lowest BCUT2D eigenvalue weighted by molar-refractivity contribution is 0.492. The predicted molar refractivity (Wildman–Crippen MR) is 69.9 cm³/mol. The fourth-order valence-electron chi connectivity index (χ4n) is 2.87. The third-order valence-corrected chi connectivity index (χ3v) is 3.80. The zero-order chi connectivity index (χ0) is 11.4. The Balaban J connectivity index is 2.09. The van der Waals surface area contributed by atoms with Crippen molar-refractivity contribution in [1.82, 2.24) is 5.32 Å². The Bertz CT molecular complexity index is 315. The smallest absolute Gasteiger partial charge is 0.0136 e. The molecule has 1 nitrogen and oxygen atoms in total. The molecule has 0 aromatic heterocycles. The highest BCUT2D eigenvalue weighted by Crippen LogP contribution is 2.34. The number of nitrogens with one attached hydrogen (secondary N) is 1. The Hall–Kier alpha value is -0.820. The highest BCUT2D eigenvalue weighted by Gasteiger charge is 2.27. The maximum absolute atomic E-state index is 3.62. The summed E-state index contributed by atoms with van der Waals surface area (Å²) in [7, 11) is 0. The van der Waals surface area contributed by atoms with Crippen LogP contribution in [-0.4, -0.2) is 12.6 Å². The molecular formula is C15H23N. The lowest BCUT2D eigenvalue weighted by Gasteiger charge is -2.21.